The Kier molecular flexibility index (Phi) is 5.08. The molecule has 0 heterocycles. The van der Waals surface area contributed by atoms with Gasteiger partial charge in [-0.15, -0.1) is 0 Å². The molecule has 0 aliphatic heterocycles. The molecule has 2 saturated carbocycles. The van der Waals surface area contributed by atoms with Crippen LogP contribution < -0.4 is 5.32 Å². The largest absolute Gasteiger partial charge is 0.316 e. The first kappa shape index (κ1) is 14.3. The Hall–Kier alpha value is -0.0800. The third-order valence-electron chi connectivity index (χ3n) is 5.09. The summed E-state index contributed by atoms with van der Waals surface area (Å²) in [5.41, 5.74) is 0.571. The predicted octanol–water partition coefficient (Wildman–Crippen LogP) is 3.13. The molecule has 2 nitrogen and oxygen atoms in total. The van der Waals surface area contributed by atoms with Crippen molar-refractivity contribution in [2.45, 2.75) is 52.4 Å². The van der Waals surface area contributed by atoms with Gasteiger partial charge in [0.25, 0.3) is 0 Å². The smallest absolute Gasteiger partial charge is 0.00472 e. The minimum Gasteiger partial charge on any atom is -0.316 e. The zero-order chi connectivity index (χ0) is 13.0. The highest BCUT2D eigenvalue weighted by Gasteiger charge is 2.36. The number of hydrogen-bond acceptors (Lipinski definition) is 2. The summed E-state index contributed by atoms with van der Waals surface area (Å²) in [4.78, 5) is 2.62. The minimum absolute atomic E-state index is 0.571. The van der Waals surface area contributed by atoms with E-state index in [2.05, 4.69) is 31.1 Å². The molecule has 2 aliphatic carbocycles. The van der Waals surface area contributed by atoms with E-state index in [0.717, 1.165) is 18.4 Å². The van der Waals surface area contributed by atoms with Gasteiger partial charge in [0.1, 0.15) is 0 Å². The van der Waals surface area contributed by atoms with E-state index >= 15 is 0 Å². The molecule has 2 unspecified atom stereocenters. The third kappa shape index (κ3) is 3.96. The molecular formula is C16H32N2. The summed E-state index contributed by atoms with van der Waals surface area (Å²) in [5.74, 6) is 1.98. The van der Waals surface area contributed by atoms with E-state index in [1.165, 1.54) is 58.2 Å². The Morgan fingerprint density at radius 3 is 2.44 bits per heavy atom. The van der Waals surface area contributed by atoms with Crippen LogP contribution >= 0.6 is 0 Å². The van der Waals surface area contributed by atoms with Crippen LogP contribution in [0, 0.1) is 17.3 Å². The second-order valence-electron chi connectivity index (χ2n) is 7.01. The van der Waals surface area contributed by atoms with Crippen LogP contribution in [0.2, 0.25) is 0 Å². The zero-order valence-electron chi connectivity index (χ0n) is 12.7. The summed E-state index contributed by atoms with van der Waals surface area (Å²) in [6.45, 7) is 9.61. The first-order valence-electron chi connectivity index (χ1n) is 8.04. The molecule has 106 valence electrons. The van der Waals surface area contributed by atoms with Gasteiger partial charge in [-0.2, -0.15) is 0 Å². The van der Waals surface area contributed by atoms with Gasteiger partial charge in [0.2, 0.25) is 0 Å². The van der Waals surface area contributed by atoms with Crippen molar-refractivity contribution in [2.75, 3.05) is 33.2 Å². The maximum Gasteiger partial charge on any atom is 0.00472 e. The molecule has 0 spiro atoms. The molecule has 0 aromatic heterocycles. The molecule has 0 radical (unpaired) electrons. The van der Waals surface area contributed by atoms with Gasteiger partial charge in [-0.05, 0) is 50.1 Å². The molecule has 2 heteroatoms. The summed E-state index contributed by atoms with van der Waals surface area (Å²) in [5, 5.41) is 3.62. The highest BCUT2D eigenvalue weighted by molar-refractivity contribution is 4.90. The molecule has 2 atom stereocenters. The molecule has 0 amide bonds. The van der Waals surface area contributed by atoms with E-state index in [1.807, 2.05) is 0 Å². The van der Waals surface area contributed by atoms with Crippen LogP contribution in [0.1, 0.15) is 52.4 Å². The van der Waals surface area contributed by atoms with Crippen molar-refractivity contribution < 1.29 is 0 Å². The molecule has 0 bridgehead atoms. The Morgan fingerprint density at radius 1 is 1.22 bits per heavy atom. The molecule has 18 heavy (non-hydrogen) atoms. The monoisotopic (exact) mass is 252 g/mol. The van der Waals surface area contributed by atoms with Gasteiger partial charge < -0.3 is 10.2 Å². The highest BCUT2D eigenvalue weighted by atomic mass is 15.1. The molecule has 2 rings (SSSR count). The lowest BCUT2D eigenvalue weighted by atomic mass is 9.73. The maximum atomic E-state index is 3.62. The van der Waals surface area contributed by atoms with E-state index in [-0.39, 0.29) is 0 Å². The summed E-state index contributed by atoms with van der Waals surface area (Å²) < 4.78 is 0. The van der Waals surface area contributed by atoms with Crippen molar-refractivity contribution in [2.24, 2.45) is 17.3 Å². The molecule has 1 N–H and O–H groups in total. The van der Waals surface area contributed by atoms with Crippen LogP contribution in [-0.2, 0) is 0 Å². The van der Waals surface area contributed by atoms with E-state index in [9.17, 15) is 0 Å². The fraction of sp³-hybridized carbons (Fsp3) is 1.00. The van der Waals surface area contributed by atoms with Crippen molar-refractivity contribution >= 4 is 0 Å². The van der Waals surface area contributed by atoms with Crippen molar-refractivity contribution in [1.29, 1.82) is 0 Å². The van der Waals surface area contributed by atoms with E-state index in [1.54, 1.807) is 0 Å². The van der Waals surface area contributed by atoms with E-state index in [4.69, 9.17) is 0 Å². The van der Waals surface area contributed by atoms with E-state index in [0.29, 0.717) is 5.41 Å². The van der Waals surface area contributed by atoms with Gasteiger partial charge in [0.15, 0.2) is 0 Å². The molecular weight excluding hydrogens is 220 g/mol. The van der Waals surface area contributed by atoms with Crippen LogP contribution in [0.5, 0.6) is 0 Å². The van der Waals surface area contributed by atoms with Crippen LogP contribution in [0.3, 0.4) is 0 Å². The van der Waals surface area contributed by atoms with Crippen LogP contribution in [0.4, 0.5) is 0 Å². The maximum absolute atomic E-state index is 3.62. The van der Waals surface area contributed by atoms with Crippen LogP contribution in [-0.4, -0.2) is 38.1 Å². The second kappa shape index (κ2) is 6.38. The first-order chi connectivity index (χ1) is 8.65. The lowest BCUT2D eigenvalue weighted by Gasteiger charge is -2.40. The van der Waals surface area contributed by atoms with Gasteiger partial charge in [-0.25, -0.2) is 0 Å². The quantitative estimate of drug-likeness (QED) is 0.749. The number of hydrogen-bond donors (Lipinski definition) is 1. The van der Waals surface area contributed by atoms with Gasteiger partial charge in [0.05, 0.1) is 0 Å². The summed E-state index contributed by atoms with van der Waals surface area (Å²) in [6, 6.07) is 0. The minimum atomic E-state index is 0.571. The second-order valence-corrected chi connectivity index (χ2v) is 7.01. The van der Waals surface area contributed by atoms with Gasteiger partial charge in [-0.3, -0.25) is 0 Å². The van der Waals surface area contributed by atoms with Crippen molar-refractivity contribution in [3.63, 3.8) is 0 Å². The fourth-order valence-corrected chi connectivity index (χ4v) is 3.77. The van der Waals surface area contributed by atoms with Gasteiger partial charge in [0, 0.05) is 19.6 Å². The molecule has 0 saturated heterocycles. The van der Waals surface area contributed by atoms with Crippen molar-refractivity contribution in [3.8, 4) is 0 Å². The van der Waals surface area contributed by atoms with Crippen LogP contribution in [0.15, 0.2) is 0 Å². The summed E-state index contributed by atoms with van der Waals surface area (Å²) >= 11 is 0. The average Bonchev–Trinajstić information content (AvgIpc) is 3.03. The fourth-order valence-electron chi connectivity index (χ4n) is 3.77. The Bertz CT molecular complexity index is 245. The number of rotatable bonds is 7. The van der Waals surface area contributed by atoms with Crippen molar-refractivity contribution in [3.05, 3.63) is 0 Å². The van der Waals surface area contributed by atoms with Crippen molar-refractivity contribution in [1.82, 2.24) is 10.2 Å². The Balaban J connectivity index is 1.83. The first-order valence-corrected chi connectivity index (χ1v) is 8.04. The van der Waals surface area contributed by atoms with Crippen LogP contribution in [0.25, 0.3) is 0 Å². The van der Waals surface area contributed by atoms with Gasteiger partial charge >= 0.3 is 0 Å². The Morgan fingerprint density at radius 2 is 1.89 bits per heavy atom. The van der Waals surface area contributed by atoms with E-state index < -0.39 is 0 Å². The third-order valence-corrected chi connectivity index (χ3v) is 5.09. The standard InChI is InChI=1S/C16H32N2/c1-4-17-12-16(8-6-5-7-9-16)13-18(3)11-15-10-14(15)2/h14-15,17H,4-13H2,1-3H3. The highest BCUT2D eigenvalue weighted by Crippen LogP contribution is 2.40. The summed E-state index contributed by atoms with van der Waals surface area (Å²) in [6.07, 6.45) is 8.68. The normalized spacial score (nSPS) is 30.7. The topological polar surface area (TPSA) is 15.3 Å². The lowest BCUT2D eigenvalue weighted by Crippen LogP contribution is -2.44. The predicted molar refractivity (Wildman–Crippen MR) is 78.8 cm³/mol. The SMILES string of the molecule is CCNCC1(CN(C)CC2CC2C)CCCCC1. The number of nitrogens with zero attached hydrogens (tertiary/aromatic N) is 1. The molecule has 2 aliphatic rings. The lowest BCUT2D eigenvalue weighted by molar-refractivity contribution is 0.115. The van der Waals surface area contributed by atoms with Gasteiger partial charge in [-0.1, -0.05) is 33.1 Å². The summed E-state index contributed by atoms with van der Waals surface area (Å²) in [7, 11) is 2.34. The number of nitrogens with one attached hydrogen (secondary N) is 1. The molecule has 0 aromatic carbocycles. The Labute approximate surface area is 114 Å². The molecule has 0 aromatic rings. The average molecular weight is 252 g/mol. The molecule has 2 fully saturated rings. The zero-order valence-corrected chi connectivity index (χ0v) is 12.7.